The van der Waals surface area contributed by atoms with E-state index < -0.39 is 17.6 Å². The average Bonchev–Trinajstić information content (AvgIpc) is 3.31. The highest BCUT2D eigenvalue weighted by Crippen LogP contribution is 2.33. The maximum absolute atomic E-state index is 13.0. The van der Waals surface area contributed by atoms with Crippen LogP contribution in [-0.2, 0) is 6.18 Å². The van der Waals surface area contributed by atoms with Crippen molar-refractivity contribution in [2.45, 2.75) is 25.6 Å². The molecule has 0 spiro atoms. The number of aryl methyl sites for hydroxylation is 1. The molecule has 190 valence electrons. The lowest BCUT2D eigenvalue weighted by Gasteiger charge is -2.21. The molecule has 1 aromatic heterocycles. The first-order valence-corrected chi connectivity index (χ1v) is 11.5. The van der Waals surface area contributed by atoms with Crippen LogP contribution in [0.5, 0.6) is 5.75 Å². The standard InChI is InChI=1S/C27H23F3N4O2.3H2/c1-16-9-10-20-22(13-16)32-24(21-7-2-3-8-23(21)35)33-25(20)34-12-11-19(15-34)31-26(36)17-5-4-6-18(14-17)27(28,29)30;;;/h2-10,13-14,19,35H,11-12,15H2,1H3,(H,31,36);3*1H/t19-;;;/m1.../s1. The van der Waals surface area contributed by atoms with Gasteiger partial charge in [-0.2, -0.15) is 13.2 Å². The van der Waals surface area contributed by atoms with E-state index in [0.29, 0.717) is 36.7 Å². The Balaban J connectivity index is 0.00000178. The number of aromatic nitrogens is 2. The Labute approximate surface area is 209 Å². The van der Waals surface area contributed by atoms with E-state index in [1.807, 2.05) is 30.0 Å². The number of rotatable bonds is 4. The van der Waals surface area contributed by atoms with Gasteiger partial charge in [0.1, 0.15) is 11.6 Å². The topological polar surface area (TPSA) is 78.4 Å². The summed E-state index contributed by atoms with van der Waals surface area (Å²) in [6.45, 7) is 2.99. The minimum atomic E-state index is -4.52. The van der Waals surface area contributed by atoms with Crippen LogP contribution in [0, 0.1) is 6.92 Å². The number of carbonyl (C=O) groups excluding carboxylic acids is 1. The highest BCUT2D eigenvalue weighted by molar-refractivity contribution is 5.95. The molecular weight excluding hydrogens is 469 g/mol. The monoisotopic (exact) mass is 498 g/mol. The number of hydrogen-bond donors (Lipinski definition) is 2. The Morgan fingerprint density at radius 1 is 1.08 bits per heavy atom. The summed E-state index contributed by atoms with van der Waals surface area (Å²) in [6, 6.07) is 16.9. The maximum atomic E-state index is 13.0. The SMILES string of the molecule is Cc1ccc2c(N3CC[C@@H](NC(=O)c4cccc(C(F)(F)F)c4)C3)nc(-c3ccccc3O)nc2c1.[HH].[HH].[HH]. The summed E-state index contributed by atoms with van der Waals surface area (Å²) in [5.74, 6) is 0.584. The lowest BCUT2D eigenvalue weighted by molar-refractivity contribution is -0.137. The second-order valence-electron chi connectivity index (χ2n) is 8.89. The van der Waals surface area contributed by atoms with Crippen molar-refractivity contribution in [3.63, 3.8) is 0 Å². The molecule has 0 aliphatic carbocycles. The van der Waals surface area contributed by atoms with Crippen LogP contribution in [0.25, 0.3) is 22.3 Å². The van der Waals surface area contributed by atoms with Gasteiger partial charge in [0.25, 0.3) is 5.91 Å². The Morgan fingerprint density at radius 2 is 1.89 bits per heavy atom. The Morgan fingerprint density at radius 3 is 2.67 bits per heavy atom. The van der Waals surface area contributed by atoms with Gasteiger partial charge in [-0.05, 0) is 61.4 Å². The molecule has 4 aromatic rings. The fourth-order valence-corrected chi connectivity index (χ4v) is 4.42. The van der Waals surface area contributed by atoms with Crippen molar-refractivity contribution in [1.29, 1.82) is 0 Å². The number of carbonyl (C=O) groups is 1. The zero-order chi connectivity index (χ0) is 25.4. The lowest BCUT2D eigenvalue weighted by atomic mass is 10.1. The molecule has 1 fully saturated rings. The van der Waals surface area contributed by atoms with Crippen molar-refractivity contribution in [1.82, 2.24) is 15.3 Å². The van der Waals surface area contributed by atoms with Gasteiger partial charge in [0.15, 0.2) is 5.82 Å². The number of halogens is 3. The fraction of sp³-hybridized carbons (Fsp3) is 0.222. The number of anilines is 1. The maximum Gasteiger partial charge on any atom is 0.416 e. The summed E-state index contributed by atoms with van der Waals surface area (Å²) in [6.07, 6.45) is -3.91. The fourth-order valence-electron chi connectivity index (χ4n) is 4.42. The van der Waals surface area contributed by atoms with Crippen molar-refractivity contribution in [2.75, 3.05) is 18.0 Å². The third kappa shape index (κ3) is 4.68. The molecule has 2 N–H and O–H groups in total. The van der Waals surface area contributed by atoms with Gasteiger partial charge in [-0.3, -0.25) is 4.79 Å². The number of hydrogen-bond acceptors (Lipinski definition) is 5. The zero-order valence-corrected chi connectivity index (χ0v) is 19.4. The highest BCUT2D eigenvalue weighted by atomic mass is 19.4. The largest absolute Gasteiger partial charge is 0.507 e. The summed E-state index contributed by atoms with van der Waals surface area (Å²) < 4.78 is 39.1. The van der Waals surface area contributed by atoms with Gasteiger partial charge in [-0.25, -0.2) is 9.97 Å². The second-order valence-corrected chi connectivity index (χ2v) is 8.89. The molecule has 9 heteroatoms. The molecule has 1 saturated heterocycles. The first-order chi connectivity index (χ1) is 17.2. The minimum Gasteiger partial charge on any atom is -0.507 e. The van der Waals surface area contributed by atoms with Crippen molar-refractivity contribution in [3.05, 3.63) is 83.4 Å². The van der Waals surface area contributed by atoms with Crippen molar-refractivity contribution >= 4 is 22.6 Å². The minimum absolute atomic E-state index is 0. The molecule has 0 bridgehead atoms. The molecular formula is C27H29F3N4O2. The molecule has 3 aromatic carbocycles. The number of amides is 1. The smallest absolute Gasteiger partial charge is 0.416 e. The van der Waals surface area contributed by atoms with Gasteiger partial charge in [-0.15, -0.1) is 0 Å². The van der Waals surface area contributed by atoms with Crippen LogP contribution < -0.4 is 10.2 Å². The highest BCUT2D eigenvalue weighted by Gasteiger charge is 2.32. The van der Waals surface area contributed by atoms with Gasteiger partial charge < -0.3 is 15.3 Å². The van der Waals surface area contributed by atoms with Crippen LogP contribution in [0.2, 0.25) is 0 Å². The number of fused-ring (bicyclic) bond motifs is 1. The summed E-state index contributed by atoms with van der Waals surface area (Å²) >= 11 is 0. The van der Waals surface area contributed by atoms with E-state index in [-0.39, 0.29) is 21.6 Å². The van der Waals surface area contributed by atoms with E-state index in [0.717, 1.165) is 28.6 Å². The number of nitrogens with one attached hydrogen (secondary N) is 1. The Bertz CT molecular complexity index is 1470. The molecule has 0 radical (unpaired) electrons. The van der Waals surface area contributed by atoms with Gasteiger partial charge in [-0.1, -0.05) is 24.3 Å². The third-order valence-electron chi connectivity index (χ3n) is 6.25. The molecule has 0 unspecified atom stereocenters. The van der Waals surface area contributed by atoms with Crippen LogP contribution >= 0.6 is 0 Å². The molecule has 6 nitrogen and oxygen atoms in total. The zero-order valence-electron chi connectivity index (χ0n) is 19.4. The number of aromatic hydroxyl groups is 1. The number of phenols is 1. The van der Waals surface area contributed by atoms with Gasteiger partial charge >= 0.3 is 6.18 Å². The molecule has 2 heterocycles. The second kappa shape index (κ2) is 9.14. The van der Waals surface area contributed by atoms with E-state index in [4.69, 9.17) is 4.98 Å². The van der Waals surface area contributed by atoms with Crippen molar-refractivity contribution in [2.24, 2.45) is 0 Å². The average molecular weight is 499 g/mol. The summed E-state index contributed by atoms with van der Waals surface area (Å²) in [5, 5.41) is 14.0. The van der Waals surface area contributed by atoms with Crippen LogP contribution in [-0.4, -0.2) is 40.1 Å². The molecule has 5 rings (SSSR count). The number of alkyl halides is 3. The van der Waals surface area contributed by atoms with E-state index >= 15 is 0 Å². The predicted molar refractivity (Wildman–Crippen MR) is 137 cm³/mol. The first-order valence-electron chi connectivity index (χ1n) is 11.5. The van der Waals surface area contributed by atoms with E-state index in [2.05, 4.69) is 10.3 Å². The van der Waals surface area contributed by atoms with Gasteiger partial charge in [0, 0.05) is 34.4 Å². The molecule has 0 saturated carbocycles. The molecule has 1 aliphatic heterocycles. The van der Waals surface area contributed by atoms with Gasteiger partial charge in [0.2, 0.25) is 0 Å². The Hall–Kier alpha value is -4.14. The van der Waals surface area contributed by atoms with E-state index in [9.17, 15) is 23.1 Å². The molecule has 1 atom stereocenters. The summed E-state index contributed by atoms with van der Waals surface area (Å²) in [7, 11) is 0. The van der Waals surface area contributed by atoms with Crippen LogP contribution in [0.15, 0.2) is 66.7 Å². The van der Waals surface area contributed by atoms with Crippen LogP contribution in [0.3, 0.4) is 0 Å². The van der Waals surface area contributed by atoms with E-state index in [1.165, 1.54) is 12.1 Å². The summed E-state index contributed by atoms with van der Waals surface area (Å²) in [5.41, 5.74) is 1.38. The van der Waals surface area contributed by atoms with E-state index in [1.54, 1.807) is 24.3 Å². The van der Waals surface area contributed by atoms with Crippen LogP contribution in [0.1, 0.15) is 32.2 Å². The first kappa shape index (κ1) is 23.6. The van der Waals surface area contributed by atoms with Crippen molar-refractivity contribution < 1.29 is 27.4 Å². The van der Waals surface area contributed by atoms with Crippen LogP contribution in [0.4, 0.5) is 19.0 Å². The normalized spacial score (nSPS) is 15.9. The summed E-state index contributed by atoms with van der Waals surface area (Å²) in [4.78, 5) is 24.2. The Kier molecular flexibility index (Phi) is 5.99. The lowest BCUT2D eigenvalue weighted by Crippen LogP contribution is -2.37. The van der Waals surface area contributed by atoms with Crippen molar-refractivity contribution in [3.8, 4) is 17.1 Å². The third-order valence-corrected chi connectivity index (χ3v) is 6.25. The number of phenolic OH excluding ortho intramolecular Hbond substituents is 1. The predicted octanol–water partition coefficient (Wildman–Crippen LogP) is 6.08. The molecule has 36 heavy (non-hydrogen) atoms. The molecule has 1 amide bonds. The number of nitrogens with zero attached hydrogens (tertiary/aromatic N) is 3. The quantitative estimate of drug-likeness (QED) is 0.357. The number of benzene rings is 3. The van der Waals surface area contributed by atoms with Gasteiger partial charge in [0.05, 0.1) is 16.6 Å². The molecule has 1 aliphatic rings. The number of para-hydroxylation sites is 1.